The number of anilines is 2. The van der Waals surface area contributed by atoms with Gasteiger partial charge in [-0.15, -0.1) is 0 Å². The van der Waals surface area contributed by atoms with Crippen molar-refractivity contribution in [3.63, 3.8) is 0 Å². The van der Waals surface area contributed by atoms with E-state index in [1.54, 1.807) is 49.4 Å². The molecule has 0 heterocycles. The van der Waals surface area contributed by atoms with Crippen molar-refractivity contribution in [3.8, 4) is 6.07 Å². The summed E-state index contributed by atoms with van der Waals surface area (Å²) < 4.78 is 26.9. The molecule has 2 aromatic carbocycles. The Bertz CT molecular complexity index is 770. The summed E-state index contributed by atoms with van der Waals surface area (Å²) in [7, 11) is -3.57. The molecule has 0 amide bonds. The van der Waals surface area contributed by atoms with Crippen LogP contribution in [-0.4, -0.2) is 8.42 Å². The van der Waals surface area contributed by atoms with Gasteiger partial charge in [0.1, 0.15) is 0 Å². The number of nitrogens with zero attached hydrogens (tertiary/aromatic N) is 1. The number of para-hydroxylation sites is 1. The van der Waals surface area contributed by atoms with Gasteiger partial charge < -0.3 is 5.73 Å². The van der Waals surface area contributed by atoms with Gasteiger partial charge in [0.05, 0.1) is 28.8 Å². The first-order valence-corrected chi connectivity index (χ1v) is 7.91. The topological polar surface area (TPSA) is 96.0 Å². The quantitative estimate of drug-likeness (QED) is 0.847. The van der Waals surface area contributed by atoms with Crippen LogP contribution in [0.15, 0.2) is 42.5 Å². The van der Waals surface area contributed by atoms with E-state index in [0.717, 1.165) is 5.56 Å². The second kappa shape index (κ2) is 5.85. The fourth-order valence-corrected chi connectivity index (χ4v) is 3.21. The molecule has 0 saturated heterocycles. The molecule has 2 rings (SSSR count). The zero-order valence-corrected chi connectivity index (χ0v) is 12.3. The molecule has 0 aromatic heterocycles. The van der Waals surface area contributed by atoms with Crippen molar-refractivity contribution in [3.05, 3.63) is 59.2 Å². The van der Waals surface area contributed by atoms with Crippen LogP contribution < -0.4 is 10.5 Å². The van der Waals surface area contributed by atoms with E-state index in [1.165, 1.54) is 0 Å². The summed E-state index contributed by atoms with van der Waals surface area (Å²) in [6.07, 6.45) is 0. The third-order valence-corrected chi connectivity index (χ3v) is 4.23. The number of hydrogen-bond donors (Lipinski definition) is 2. The van der Waals surface area contributed by atoms with E-state index in [9.17, 15) is 8.42 Å². The zero-order valence-electron chi connectivity index (χ0n) is 11.5. The molecule has 21 heavy (non-hydrogen) atoms. The Morgan fingerprint density at radius 3 is 2.43 bits per heavy atom. The third-order valence-electron chi connectivity index (χ3n) is 3.00. The minimum Gasteiger partial charge on any atom is -0.397 e. The van der Waals surface area contributed by atoms with Crippen LogP contribution >= 0.6 is 0 Å². The van der Waals surface area contributed by atoms with E-state index < -0.39 is 10.0 Å². The Morgan fingerprint density at radius 2 is 1.86 bits per heavy atom. The van der Waals surface area contributed by atoms with Crippen molar-refractivity contribution in [1.29, 1.82) is 5.26 Å². The van der Waals surface area contributed by atoms with Crippen molar-refractivity contribution in [2.45, 2.75) is 12.7 Å². The van der Waals surface area contributed by atoms with Gasteiger partial charge in [-0.3, -0.25) is 4.72 Å². The van der Waals surface area contributed by atoms with Crippen LogP contribution in [0.2, 0.25) is 0 Å². The largest absolute Gasteiger partial charge is 0.397 e. The van der Waals surface area contributed by atoms with Gasteiger partial charge in [-0.05, 0) is 36.2 Å². The number of benzene rings is 2. The van der Waals surface area contributed by atoms with Gasteiger partial charge >= 0.3 is 0 Å². The summed E-state index contributed by atoms with van der Waals surface area (Å²) in [6, 6.07) is 13.6. The zero-order chi connectivity index (χ0) is 15.5. The number of nitrogens with two attached hydrogens (primary N) is 1. The van der Waals surface area contributed by atoms with Crippen molar-refractivity contribution in [1.82, 2.24) is 0 Å². The molecule has 0 saturated carbocycles. The van der Waals surface area contributed by atoms with Gasteiger partial charge in [-0.25, -0.2) is 8.42 Å². The van der Waals surface area contributed by atoms with Gasteiger partial charge in [0.2, 0.25) is 10.0 Å². The Morgan fingerprint density at radius 1 is 1.19 bits per heavy atom. The highest BCUT2D eigenvalue weighted by molar-refractivity contribution is 7.91. The van der Waals surface area contributed by atoms with Crippen molar-refractivity contribution in [2.75, 3.05) is 10.5 Å². The number of rotatable bonds is 4. The highest BCUT2D eigenvalue weighted by Gasteiger charge is 2.14. The summed E-state index contributed by atoms with van der Waals surface area (Å²) in [4.78, 5) is 0. The lowest BCUT2D eigenvalue weighted by Crippen LogP contribution is -2.16. The Kier molecular flexibility index (Phi) is 4.15. The number of sulfonamides is 1. The molecule has 0 aliphatic carbocycles. The highest BCUT2D eigenvalue weighted by atomic mass is 32.2. The average molecular weight is 301 g/mol. The van der Waals surface area contributed by atoms with E-state index in [4.69, 9.17) is 11.0 Å². The molecule has 0 fully saturated rings. The third kappa shape index (κ3) is 3.74. The highest BCUT2D eigenvalue weighted by Crippen LogP contribution is 2.24. The van der Waals surface area contributed by atoms with E-state index in [2.05, 4.69) is 4.72 Å². The first kappa shape index (κ1) is 14.9. The summed E-state index contributed by atoms with van der Waals surface area (Å²) >= 11 is 0. The van der Waals surface area contributed by atoms with Crippen LogP contribution in [0.3, 0.4) is 0 Å². The van der Waals surface area contributed by atoms with Crippen LogP contribution in [0, 0.1) is 18.3 Å². The van der Waals surface area contributed by atoms with Crippen LogP contribution in [0.5, 0.6) is 0 Å². The van der Waals surface area contributed by atoms with E-state index in [0.29, 0.717) is 22.5 Å². The number of nitrogen functional groups attached to an aromatic ring is 1. The van der Waals surface area contributed by atoms with Crippen LogP contribution in [0.1, 0.15) is 16.7 Å². The molecule has 3 N–H and O–H groups in total. The molecule has 0 aliphatic heterocycles. The predicted molar refractivity (Wildman–Crippen MR) is 83.0 cm³/mol. The molecular formula is C15H15N3O2S. The standard InChI is InChI=1S/C15H15N3O2S/c1-11-3-2-4-14(17)15(11)18-21(19,20)10-13-7-5-12(9-16)6-8-13/h2-8,18H,10,17H2,1H3. The fraction of sp³-hybridized carbons (Fsp3) is 0.133. The SMILES string of the molecule is Cc1cccc(N)c1NS(=O)(=O)Cc1ccc(C#N)cc1. The molecular weight excluding hydrogens is 286 g/mol. The van der Waals surface area contributed by atoms with E-state index in [1.807, 2.05) is 6.07 Å². The van der Waals surface area contributed by atoms with Crippen molar-refractivity contribution in [2.24, 2.45) is 0 Å². The molecule has 0 aliphatic rings. The molecule has 0 radical (unpaired) electrons. The van der Waals surface area contributed by atoms with E-state index in [-0.39, 0.29) is 5.75 Å². The van der Waals surface area contributed by atoms with Gasteiger partial charge in [0, 0.05) is 0 Å². The second-order valence-electron chi connectivity index (χ2n) is 4.71. The van der Waals surface area contributed by atoms with Crippen molar-refractivity contribution < 1.29 is 8.42 Å². The normalized spacial score (nSPS) is 10.9. The molecule has 0 bridgehead atoms. The Balaban J connectivity index is 2.21. The molecule has 5 nitrogen and oxygen atoms in total. The van der Waals surface area contributed by atoms with Crippen LogP contribution in [-0.2, 0) is 15.8 Å². The molecule has 6 heteroatoms. The van der Waals surface area contributed by atoms with Gasteiger partial charge in [-0.1, -0.05) is 24.3 Å². The predicted octanol–water partition coefficient (Wildman–Crippen LogP) is 2.39. The minimum atomic E-state index is -3.57. The molecule has 0 atom stereocenters. The average Bonchev–Trinajstić information content (AvgIpc) is 2.43. The summed E-state index contributed by atoms with van der Waals surface area (Å²) in [5.74, 6) is -0.174. The monoisotopic (exact) mass is 301 g/mol. The maximum atomic E-state index is 12.2. The lowest BCUT2D eigenvalue weighted by atomic mass is 10.2. The van der Waals surface area contributed by atoms with Gasteiger partial charge in [-0.2, -0.15) is 5.26 Å². The minimum absolute atomic E-state index is 0.174. The lowest BCUT2D eigenvalue weighted by Gasteiger charge is -2.12. The molecule has 0 spiro atoms. The van der Waals surface area contributed by atoms with Crippen molar-refractivity contribution >= 4 is 21.4 Å². The van der Waals surface area contributed by atoms with Gasteiger partial charge in [0.15, 0.2) is 0 Å². The Hall–Kier alpha value is -2.52. The smallest absolute Gasteiger partial charge is 0.236 e. The first-order chi connectivity index (χ1) is 9.91. The number of nitrogens with one attached hydrogen (secondary N) is 1. The molecule has 108 valence electrons. The summed E-state index contributed by atoms with van der Waals surface area (Å²) in [5, 5.41) is 8.72. The summed E-state index contributed by atoms with van der Waals surface area (Å²) in [5.41, 5.74) is 8.45. The van der Waals surface area contributed by atoms with Crippen LogP contribution in [0.25, 0.3) is 0 Å². The first-order valence-electron chi connectivity index (χ1n) is 6.26. The van der Waals surface area contributed by atoms with Crippen LogP contribution in [0.4, 0.5) is 11.4 Å². The molecule has 0 unspecified atom stereocenters. The van der Waals surface area contributed by atoms with Gasteiger partial charge in [0.25, 0.3) is 0 Å². The maximum absolute atomic E-state index is 12.2. The number of nitriles is 1. The fourth-order valence-electron chi connectivity index (χ4n) is 1.92. The number of hydrogen-bond acceptors (Lipinski definition) is 4. The Labute approximate surface area is 124 Å². The lowest BCUT2D eigenvalue weighted by molar-refractivity contribution is 0.600. The molecule has 2 aromatic rings. The summed E-state index contributed by atoms with van der Waals surface area (Å²) in [6.45, 7) is 1.79. The maximum Gasteiger partial charge on any atom is 0.236 e. The second-order valence-corrected chi connectivity index (χ2v) is 6.43. The number of aryl methyl sites for hydroxylation is 1. The van der Waals surface area contributed by atoms with E-state index >= 15 is 0 Å².